The molecule has 1 saturated heterocycles. The molecule has 4 nitrogen and oxygen atoms in total. The molecule has 3 rings (SSSR count). The van der Waals surface area contributed by atoms with Gasteiger partial charge in [0.1, 0.15) is 12.4 Å². The Hall–Kier alpha value is -2.33. The Morgan fingerprint density at radius 3 is 2.58 bits per heavy atom. The Morgan fingerprint density at radius 2 is 1.83 bits per heavy atom. The Morgan fingerprint density at radius 1 is 1.08 bits per heavy atom. The Balaban J connectivity index is 1.52. The third-order valence-corrected chi connectivity index (χ3v) is 4.17. The zero-order valence-corrected chi connectivity index (χ0v) is 13.7. The summed E-state index contributed by atoms with van der Waals surface area (Å²) < 4.78 is 11.3. The van der Waals surface area contributed by atoms with Gasteiger partial charge < -0.3 is 14.8 Å². The van der Waals surface area contributed by atoms with Crippen LogP contribution in [0, 0.1) is 0 Å². The summed E-state index contributed by atoms with van der Waals surface area (Å²) in [5.74, 6) is 0.885. The molecule has 1 atom stereocenters. The number of ether oxygens (including phenoxy) is 2. The summed E-state index contributed by atoms with van der Waals surface area (Å²) in [6.07, 6.45) is 2.57. The van der Waals surface area contributed by atoms with Gasteiger partial charge in [-0.2, -0.15) is 0 Å². The maximum absolute atomic E-state index is 12.0. The number of para-hydroxylation sites is 1. The number of carbonyl (C=O) groups is 1. The van der Waals surface area contributed by atoms with Gasteiger partial charge in [-0.1, -0.05) is 42.5 Å². The minimum atomic E-state index is 0.0423. The largest absolute Gasteiger partial charge is 0.489 e. The van der Waals surface area contributed by atoms with Gasteiger partial charge in [0.2, 0.25) is 5.91 Å². The van der Waals surface area contributed by atoms with Crippen LogP contribution in [0.1, 0.15) is 30.4 Å². The lowest BCUT2D eigenvalue weighted by Crippen LogP contribution is -2.27. The summed E-state index contributed by atoms with van der Waals surface area (Å²) >= 11 is 0. The summed E-state index contributed by atoms with van der Waals surface area (Å²) in [5, 5.41) is 2.99. The van der Waals surface area contributed by atoms with Crippen molar-refractivity contribution >= 4 is 5.91 Å². The number of amides is 1. The van der Waals surface area contributed by atoms with Crippen LogP contribution in [0.4, 0.5) is 0 Å². The quantitative estimate of drug-likeness (QED) is 0.848. The third-order valence-electron chi connectivity index (χ3n) is 4.17. The SMILES string of the molecule is O=C(C[C@H]1CCCO1)NCc1ccccc1COc1ccccc1. The second-order valence-electron chi connectivity index (χ2n) is 5.99. The van der Waals surface area contributed by atoms with Crippen molar-refractivity contribution in [2.75, 3.05) is 6.61 Å². The first-order valence-corrected chi connectivity index (χ1v) is 8.44. The van der Waals surface area contributed by atoms with Crippen LogP contribution in [0.3, 0.4) is 0 Å². The molecule has 1 fully saturated rings. The van der Waals surface area contributed by atoms with E-state index < -0.39 is 0 Å². The van der Waals surface area contributed by atoms with E-state index in [1.165, 1.54) is 0 Å². The molecular formula is C20H23NO3. The number of hydrogen-bond acceptors (Lipinski definition) is 3. The highest BCUT2D eigenvalue weighted by Crippen LogP contribution is 2.16. The summed E-state index contributed by atoms with van der Waals surface area (Å²) in [4.78, 5) is 12.0. The van der Waals surface area contributed by atoms with Crippen LogP contribution < -0.4 is 10.1 Å². The van der Waals surface area contributed by atoms with E-state index in [1.807, 2.05) is 54.6 Å². The van der Waals surface area contributed by atoms with E-state index in [0.29, 0.717) is 19.6 Å². The van der Waals surface area contributed by atoms with Crippen molar-refractivity contribution in [1.29, 1.82) is 0 Å². The fourth-order valence-electron chi connectivity index (χ4n) is 2.83. The molecule has 0 saturated carbocycles. The summed E-state index contributed by atoms with van der Waals surface area (Å²) in [7, 11) is 0. The van der Waals surface area contributed by atoms with Crippen LogP contribution in [0.15, 0.2) is 54.6 Å². The molecule has 126 valence electrons. The molecule has 1 aliphatic heterocycles. The minimum Gasteiger partial charge on any atom is -0.489 e. The fraction of sp³-hybridized carbons (Fsp3) is 0.350. The van der Waals surface area contributed by atoms with Gasteiger partial charge in [0, 0.05) is 13.2 Å². The fourth-order valence-corrected chi connectivity index (χ4v) is 2.83. The van der Waals surface area contributed by atoms with Crippen LogP contribution in [-0.4, -0.2) is 18.6 Å². The van der Waals surface area contributed by atoms with Crippen molar-refractivity contribution in [2.45, 2.75) is 38.5 Å². The normalized spacial score (nSPS) is 16.8. The smallest absolute Gasteiger partial charge is 0.222 e. The van der Waals surface area contributed by atoms with Crippen molar-refractivity contribution in [2.24, 2.45) is 0 Å². The predicted octanol–water partition coefficient (Wildman–Crippen LogP) is 3.45. The molecule has 0 radical (unpaired) electrons. The van der Waals surface area contributed by atoms with E-state index in [-0.39, 0.29) is 12.0 Å². The lowest BCUT2D eigenvalue weighted by atomic mass is 10.1. The molecule has 0 bridgehead atoms. The third kappa shape index (κ3) is 4.83. The Kier molecular flexibility index (Phi) is 5.85. The van der Waals surface area contributed by atoms with E-state index >= 15 is 0 Å². The average Bonchev–Trinajstić information content (AvgIpc) is 3.13. The summed E-state index contributed by atoms with van der Waals surface area (Å²) in [5.41, 5.74) is 2.16. The van der Waals surface area contributed by atoms with Gasteiger partial charge in [0.25, 0.3) is 0 Å². The second-order valence-corrected chi connectivity index (χ2v) is 5.99. The van der Waals surface area contributed by atoms with Gasteiger partial charge in [-0.25, -0.2) is 0 Å². The minimum absolute atomic E-state index is 0.0423. The number of carbonyl (C=O) groups excluding carboxylic acids is 1. The Labute approximate surface area is 142 Å². The molecule has 0 unspecified atom stereocenters. The molecular weight excluding hydrogens is 302 g/mol. The topological polar surface area (TPSA) is 47.6 Å². The maximum Gasteiger partial charge on any atom is 0.222 e. The van der Waals surface area contributed by atoms with E-state index in [0.717, 1.165) is 36.3 Å². The summed E-state index contributed by atoms with van der Waals surface area (Å²) in [6, 6.07) is 17.8. The van der Waals surface area contributed by atoms with Gasteiger partial charge in [0.05, 0.1) is 12.5 Å². The van der Waals surface area contributed by atoms with Gasteiger partial charge in [0.15, 0.2) is 0 Å². The number of hydrogen-bond donors (Lipinski definition) is 1. The monoisotopic (exact) mass is 325 g/mol. The van der Waals surface area contributed by atoms with Gasteiger partial charge >= 0.3 is 0 Å². The predicted molar refractivity (Wildman–Crippen MR) is 92.7 cm³/mol. The van der Waals surface area contributed by atoms with Crippen LogP contribution in [0.25, 0.3) is 0 Å². The highest BCUT2D eigenvalue weighted by Gasteiger charge is 2.18. The standard InChI is InChI=1S/C20H23NO3/c22-20(13-19-11-6-12-23-19)21-14-16-7-4-5-8-17(16)15-24-18-9-2-1-3-10-18/h1-5,7-10,19H,6,11-15H2,(H,21,22)/t19-/m1/s1. The molecule has 0 aromatic heterocycles. The van der Waals surface area contributed by atoms with Crippen molar-refractivity contribution < 1.29 is 14.3 Å². The highest BCUT2D eigenvalue weighted by atomic mass is 16.5. The van der Waals surface area contributed by atoms with E-state index in [1.54, 1.807) is 0 Å². The van der Waals surface area contributed by atoms with Gasteiger partial charge in [-0.05, 0) is 36.1 Å². The van der Waals surface area contributed by atoms with Crippen molar-refractivity contribution in [3.63, 3.8) is 0 Å². The van der Waals surface area contributed by atoms with Crippen LogP contribution in [0.2, 0.25) is 0 Å². The molecule has 1 heterocycles. The molecule has 1 aliphatic rings. The molecule has 0 spiro atoms. The van der Waals surface area contributed by atoms with Gasteiger partial charge in [-0.15, -0.1) is 0 Å². The van der Waals surface area contributed by atoms with Crippen molar-refractivity contribution in [3.8, 4) is 5.75 Å². The van der Waals surface area contributed by atoms with E-state index in [2.05, 4.69) is 5.32 Å². The lowest BCUT2D eigenvalue weighted by molar-refractivity contribution is -0.123. The molecule has 1 N–H and O–H groups in total. The van der Waals surface area contributed by atoms with Crippen molar-refractivity contribution in [1.82, 2.24) is 5.32 Å². The first kappa shape index (κ1) is 16.5. The average molecular weight is 325 g/mol. The molecule has 0 aliphatic carbocycles. The number of nitrogens with one attached hydrogen (secondary N) is 1. The van der Waals surface area contributed by atoms with Crippen LogP contribution >= 0.6 is 0 Å². The first-order valence-electron chi connectivity index (χ1n) is 8.44. The van der Waals surface area contributed by atoms with E-state index in [9.17, 15) is 4.79 Å². The molecule has 4 heteroatoms. The van der Waals surface area contributed by atoms with Crippen LogP contribution in [0.5, 0.6) is 5.75 Å². The maximum atomic E-state index is 12.0. The Bertz CT molecular complexity index is 651. The second kappa shape index (κ2) is 8.50. The summed E-state index contributed by atoms with van der Waals surface area (Å²) in [6.45, 7) is 1.78. The van der Waals surface area contributed by atoms with Gasteiger partial charge in [-0.3, -0.25) is 4.79 Å². The zero-order valence-electron chi connectivity index (χ0n) is 13.7. The van der Waals surface area contributed by atoms with E-state index in [4.69, 9.17) is 9.47 Å². The molecule has 2 aromatic rings. The van der Waals surface area contributed by atoms with Crippen LogP contribution in [-0.2, 0) is 22.7 Å². The lowest BCUT2D eigenvalue weighted by Gasteiger charge is -2.13. The number of rotatable bonds is 7. The molecule has 1 amide bonds. The zero-order chi connectivity index (χ0) is 16.6. The highest BCUT2D eigenvalue weighted by molar-refractivity contribution is 5.76. The van der Waals surface area contributed by atoms with Crippen molar-refractivity contribution in [3.05, 3.63) is 65.7 Å². The number of benzene rings is 2. The molecule has 2 aromatic carbocycles. The molecule has 24 heavy (non-hydrogen) atoms. The first-order chi connectivity index (χ1) is 11.8.